The first-order chi connectivity index (χ1) is 8.86. The number of benzene rings is 1. The second-order valence-corrected chi connectivity index (χ2v) is 6.42. The topological polar surface area (TPSA) is 58.2 Å². The first-order valence-electron chi connectivity index (χ1n) is 6.00. The van der Waals surface area contributed by atoms with Crippen LogP contribution in [0.5, 0.6) is 0 Å². The molecule has 1 atom stereocenters. The Bertz CT molecular complexity index is 520. The molecule has 0 aliphatic rings. The number of rotatable bonds is 7. The Labute approximate surface area is 112 Å². The molecule has 0 heterocycles. The molecule has 0 radical (unpaired) electrons. The van der Waals surface area contributed by atoms with E-state index >= 15 is 0 Å². The Morgan fingerprint density at radius 3 is 2.53 bits per heavy atom. The fraction of sp³-hybridized carbons (Fsp3) is 0.500. The van der Waals surface area contributed by atoms with Gasteiger partial charge in [-0.3, -0.25) is 0 Å². The van der Waals surface area contributed by atoms with Crippen molar-refractivity contribution in [1.82, 2.24) is 10.0 Å². The van der Waals surface area contributed by atoms with Crippen molar-refractivity contribution in [2.24, 2.45) is 0 Å². The zero-order chi connectivity index (χ0) is 14.5. The first kappa shape index (κ1) is 16.0. The second kappa shape index (κ2) is 6.93. The van der Waals surface area contributed by atoms with Gasteiger partial charge >= 0.3 is 0 Å². The van der Waals surface area contributed by atoms with E-state index in [1.807, 2.05) is 6.92 Å². The van der Waals surface area contributed by atoms with Crippen LogP contribution in [-0.2, 0) is 16.6 Å². The highest BCUT2D eigenvalue weighted by Gasteiger charge is 2.19. The van der Waals surface area contributed by atoms with Crippen molar-refractivity contribution in [2.45, 2.75) is 25.6 Å². The molecule has 1 aromatic rings. The minimum atomic E-state index is -3.48. The van der Waals surface area contributed by atoms with E-state index in [9.17, 15) is 17.2 Å². The van der Waals surface area contributed by atoms with E-state index < -0.39 is 26.9 Å². The standard InChI is InChI=1S/C12H18F2N2O2S/c1-3-15-7-9(2)19(17,18)16-8-10-4-5-11(13)12(14)6-10/h4-6,9,15-16H,3,7-8H2,1-2H3. The number of hydrogen-bond acceptors (Lipinski definition) is 3. The van der Waals surface area contributed by atoms with Crippen LogP contribution in [-0.4, -0.2) is 26.8 Å². The average Bonchev–Trinajstić information content (AvgIpc) is 2.37. The fourth-order valence-corrected chi connectivity index (χ4v) is 2.42. The van der Waals surface area contributed by atoms with Crippen LogP contribution < -0.4 is 10.0 Å². The van der Waals surface area contributed by atoms with Gasteiger partial charge in [0.25, 0.3) is 0 Å². The van der Waals surface area contributed by atoms with Crippen LogP contribution in [0, 0.1) is 11.6 Å². The highest BCUT2D eigenvalue weighted by molar-refractivity contribution is 7.90. The summed E-state index contributed by atoms with van der Waals surface area (Å²) < 4.78 is 51.7. The molecule has 108 valence electrons. The molecule has 19 heavy (non-hydrogen) atoms. The van der Waals surface area contributed by atoms with Gasteiger partial charge in [-0.1, -0.05) is 13.0 Å². The maximum atomic E-state index is 13.0. The summed E-state index contributed by atoms with van der Waals surface area (Å²) >= 11 is 0. The van der Waals surface area contributed by atoms with Gasteiger partial charge in [-0.05, 0) is 31.2 Å². The minimum absolute atomic E-state index is 0.0595. The monoisotopic (exact) mass is 292 g/mol. The molecule has 1 aromatic carbocycles. The smallest absolute Gasteiger partial charge is 0.215 e. The third kappa shape index (κ3) is 4.85. The summed E-state index contributed by atoms with van der Waals surface area (Å²) in [5, 5.41) is 2.34. The lowest BCUT2D eigenvalue weighted by atomic mass is 10.2. The van der Waals surface area contributed by atoms with Crippen molar-refractivity contribution >= 4 is 10.0 Å². The van der Waals surface area contributed by atoms with E-state index in [4.69, 9.17) is 0 Å². The summed E-state index contributed by atoms with van der Waals surface area (Å²) in [6, 6.07) is 3.30. The summed E-state index contributed by atoms with van der Waals surface area (Å²) in [6.45, 7) is 4.42. The summed E-state index contributed by atoms with van der Waals surface area (Å²) in [4.78, 5) is 0. The summed E-state index contributed by atoms with van der Waals surface area (Å²) in [5.74, 6) is -1.94. The van der Waals surface area contributed by atoms with Gasteiger partial charge in [0.1, 0.15) is 0 Å². The van der Waals surface area contributed by atoms with Crippen LogP contribution in [0.25, 0.3) is 0 Å². The molecule has 0 saturated heterocycles. The lowest BCUT2D eigenvalue weighted by Crippen LogP contribution is -2.38. The quantitative estimate of drug-likeness (QED) is 0.798. The molecule has 0 bridgehead atoms. The van der Waals surface area contributed by atoms with Crippen LogP contribution in [0.2, 0.25) is 0 Å². The molecule has 1 unspecified atom stereocenters. The van der Waals surface area contributed by atoms with Crippen molar-refractivity contribution in [3.05, 3.63) is 35.4 Å². The Morgan fingerprint density at radius 2 is 1.95 bits per heavy atom. The molecule has 0 aliphatic carbocycles. The van der Waals surface area contributed by atoms with E-state index in [0.717, 1.165) is 12.1 Å². The van der Waals surface area contributed by atoms with E-state index in [1.165, 1.54) is 6.07 Å². The van der Waals surface area contributed by atoms with Crippen LogP contribution in [0.1, 0.15) is 19.4 Å². The summed E-state index contributed by atoms with van der Waals surface area (Å²) in [5.41, 5.74) is 0.373. The molecule has 0 aliphatic heterocycles. The molecular weight excluding hydrogens is 274 g/mol. The molecule has 2 N–H and O–H groups in total. The molecule has 4 nitrogen and oxygen atoms in total. The van der Waals surface area contributed by atoms with Crippen LogP contribution >= 0.6 is 0 Å². The second-order valence-electron chi connectivity index (χ2n) is 4.23. The number of hydrogen-bond donors (Lipinski definition) is 2. The fourth-order valence-electron chi connectivity index (χ4n) is 1.43. The predicted molar refractivity (Wildman–Crippen MR) is 70.1 cm³/mol. The van der Waals surface area contributed by atoms with Crippen molar-refractivity contribution in [3.8, 4) is 0 Å². The van der Waals surface area contributed by atoms with Crippen molar-refractivity contribution in [2.75, 3.05) is 13.1 Å². The highest BCUT2D eigenvalue weighted by atomic mass is 32.2. The third-order valence-corrected chi connectivity index (χ3v) is 4.45. The predicted octanol–water partition coefficient (Wildman–Crippen LogP) is 1.38. The van der Waals surface area contributed by atoms with E-state index in [-0.39, 0.29) is 6.54 Å². The van der Waals surface area contributed by atoms with E-state index in [1.54, 1.807) is 6.92 Å². The SMILES string of the molecule is CCNCC(C)S(=O)(=O)NCc1ccc(F)c(F)c1. The van der Waals surface area contributed by atoms with Crippen molar-refractivity contribution < 1.29 is 17.2 Å². The number of nitrogens with one attached hydrogen (secondary N) is 2. The van der Waals surface area contributed by atoms with Crippen LogP contribution in [0.4, 0.5) is 8.78 Å². The van der Waals surface area contributed by atoms with Crippen LogP contribution in [0.15, 0.2) is 18.2 Å². The summed E-state index contributed by atoms with van der Waals surface area (Å²) in [7, 11) is -3.48. The zero-order valence-electron chi connectivity index (χ0n) is 10.9. The Hall–Kier alpha value is -1.05. The van der Waals surface area contributed by atoms with Gasteiger partial charge in [0.15, 0.2) is 11.6 Å². The van der Waals surface area contributed by atoms with E-state index in [2.05, 4.69) is 10.0 Å². The highest BCUT2D eigenvalue weighted by Crippen LogP contribution is 2.09. The van der Waals surface area contributed by atoms with Gasteiger partial charge in [0, 0.05) is 13.1 Å². The molecule has 7 heteroatoms. The molecule has 0 amide bonds. The minimum Gasteiger partial charge on any atom is -0.316 e. The molecule has 1 rings (SSSR count). The maximum Gasteiger partial charge on any atom is 0.215 e. The third-order valence-electron chi connectivity index (χ3n) is 2.67. The molecular formula is C12H18F2N2O2S. The van der Waals surface area contributed by atoms with Gasteiger partial charge in [0.2, 0.25) is 10.0 Å². The van der Waals surface area contributed by atoms with Gasteiger partial charge in [0.05, 0.1) is 5.25 Å². The first-order valence-corrected chi connectivity index (χ1v) is 7.54. The van der Waals surface area contributed by atoms with Crippen LogP contribution in [0.3, 0.4) is 0 Å². The van der Waals surface area contributed by atoms with Gasteiger partial charge in [-0.25, -0.2) is 21.9 Å². The largest absolute Gasteiger partial charge is 0.316 e. The lowest BCUT2D eigenvalue weighted by molar-refractivity contribution is 0.506. The van der Waals surface area contributed by atoms with Crippen molar-refractivity contribution in [3.63, 3.8) is 0 Å². The average molecular weight is 292 g/mol. The van der Waals surface area contributed by atoms with E-state index in [0.29, 0.717) is 18.7 Å². The Balaban J connectivity index is 2.62. The normalized spacial score (nSPS) is 13.5. The van der Waals surface area contributed by atoms with Gasteiger partial charge < -0.3 is 5.32 Å². The molecule has 0 spiro atoms. The zero-order valence-corrected chi connectivity index (χ0v) is 11.7. The number of halogens is 2. The lowest BCUT2D eigenvalue weighted by Gasteiger charge is -2.14. The maximum absolute atomic E-state index is 13.0. The van der Waals surface area contributed by atoms with Gasteiger partial charge in [-0.2, -0.15) is 0 Å². The Kier molecular flexibility index (Phi) is 5.84. The summed E-state index contributed by atoms with van der Waals surface area (Å²) in [6.07, 6.45) is 0. The number of sulfonamides is 1. The molecule has 0 aromatic heterocycles. The van der Waals surface area contributed by atoms with Crippen molar-refractivity contribution in [1.29, 1.82) is 0 Å². The van der Waals surface area contributed by atoms with Gasteiger partial charge in [-0.15, -0.1) is 0 Å². The molecule has 0 saturated carbocycles. The Morgan fingerprint density at radius 1 is 1.26 bits per heavy atom. The molecule has 0 fully saturated rings.